The van der Waals surface area contributed by atoms with Crippen LogP contribution in [0.1, 0.15) is 10.4 Å². The van der Waals surface area contributed by atoms with Crippen LogP contribution >= 0.6 is 23.2 Å². The van der Waals surface area contributed by atoms with E-state index in [0.717, 1.165) is 12.3 Å². The molecule has 3 aromatic rings. The largest absolute Gasteiger partial charge is 0.493 e. The molecule has 0 aliphatic heterocycles. The minimum Gasteiger partial charge on any atom is -0.493 e. The van der Waals surface area contributed by atoms with E-state index in [4.69, 9.17) is 32.7 Å². The molecule has 0 aliphatic rings. The van der Waals surface area contributed by atoms with Gasteiger partial charge in [0.25, 0.3) is 5.91 Å². The van der Waals surface area contributed by atoms with E-state index in [1.54, 1.807) is 0 Å². The molecule has 3 aromatic carbocycles. The molecular weight excluding hydrogens is 495 g/mol. The Morgan fingerprint density at radius 1 is 1.00 bits per heavy atom. The van der Waals surface area contributed by atoms with Crippen molar-refractivity contribution in [3.63, 3.8) is 0 Å². The summed E-state index contributed by atoms with van der Waals surface area (Å²) in [7, 11) is -2.16. The third kappa shape index (κ3) is 5.72. The highest BCUT2D eigenvalue weighted by molar-refractivity contribution is 7.90. The number of amides is 1. The van der Waals surface area contributed by atoms with E-state index in [9.17, 15) is 23.3 Å². The van der Waals surface area contributed by atoms with Crippen molar-refractivity contribution in [3.05, 3.63) is 80.3 Å². The average Bonchev–Trinajstić information content (AvgIpc) is 2.75. The van der Waals surface area contributed by atoms with Crippen molar-refractivity contribution < 1.29 is 27.6 Å². The molecule has 0 atom stereocenters. The Morgan fingerprint density at radius 2 is 1.70 bits per heavy atom. The van der Waals surface area contributed by atoms with Gasteiger partial charge in [0.2, 0.25) is 5.75 Å². The van der Waals surface area contributed by atoms with Crippen molar-refractivity contribution in [3.8, 4) is 17.2 Å². The first-order chi connectivity index (χ1) is 15.5. The highest BCUT2D eigenvalue weighted by Crippen LogP contribution is 2.38. The van der Waals surface area contributed by atoms with E-state index in [-0.39, 0.29) is 49.1 Å². The number of nitro benzene ring substituents is 1. The summed E-state index contributed by atoms with van der Waals surface area (Å²) in [5, 5.41) is 14.2. The Balaban J connectivity index is 1.89. The molecule has 0 spiro atoms. The van der Waals surface area contributed by atoms with Crippen molar-refractivity contribution in [2.45, 2.75) is 4.90 Å². The van der Waals surface area contributed by atoms with Gasteiger partial charge in [-0.3, -0.25) is 14.9 Å². The van der Waals surface area contributed by atoms with Gasteiger partial charge in [-0.25, -0.2) is 8.42 Å². The van der Waals surface area contributed by atoms with Crippen LogP contribution in [0.4, 0.5) is 11.4 Å². The Morgan fingerprint density at radius 3 is 2.33 bits per heavy atom. The van der Waals surface area contributed by atoms with Crippen molar-refractivity contribution in [1.82, 2.24) is 0 Å². The normalized spacial score (nSPS) is 11.0. The number of carbonyl (C=O) groups is 1. The fraction of sp³-hybridized carbons (Fsp3) is 0.0952. The second-order valence-electron chi connectivity index (χ2n) is 6.70. The fourth-order valence-corrected chi connectivity index (χ4v) is 3.73. The van der Waals surface area contributed by atoms with Crippen LogP contribution in [-0.4, -0.2) is 32.6 Å². The second-order valence-corrected chi connectivity index (χ2v) is 9.56. The van der Waals surface area contributed by atoms with Crippen LogP contribution in [0.25, 0.3) is 0 Å². The molecule has 1 N–H and O–H groups in total. The maximum atomic E-state index is 12.7. The second kappa shape index (κ2) is 9.65. The number of methoxy groups -OCH3 is 1. The van der Waals surface area contributed by atoms with E-state index in [2.05, 4.69) is 5.32 Å². The molecule has 0 radical (unpaired) electrons. The SMILES string of the molecule is COc1cc(C(=O)Nc2cc(S(C)(=O)=O)ccc2Cl)ccc1Oc1ccc(Cl)cc1[N+](=O)[O-]. The average molecular weight is 511 g/mol. The fourth-order valence-electron chi connectivity index (χ4n) is 2.76. The topological polar surface area (TPSA) is 125 Å². The molecule has 0 aliphatic carbocycles. The standard InChI is InChI=1S/C21H16Cl2N2O7S/c1-31-20-9-12(21(26)24-16-11-14(33(2,29)30)5-6-15(16)23)3-7-19(20)32-18-8-4-13(22)10-17(18)25(27)28/h3-11H,1-2H3,(H,24,26). The number of ether oxygens (including phenoxy) is 2. The number of sulfone groups is 1. The van der Waals surface area contributed by atoms with Crippen LogP contribution < -0.4 is 14.8 Å². The Bertz CT molecular complexity index is 1360. The van der Waals surface area contributed by atoms with Gasteiger partial charge in [-0.1, -0.05) is 23.2 Å². The summed E-state index contributed by atoms with van der Waals surface area (Å²) in [6, 6.07) is 12.1. The van der Waals surface area contributed by atoms with E-state index >= 15 is 0 Å². The Hall–Kier alpha value is -3.34. The van der Waals surface area contributed by atoms with E-state index in [1.807, 2.05) is 0 Å². The van der Waals surface area contributed by atoms with E-state index in [0.29, 0.717) is 0 Å². The number of benzene rings is 3. The van der Waals surface area contributed by atoms with Crippen LogP contribution in [0.3, 0.4) is 0 Å². The summed E-state index contributed by atoms with van der Waals surface area (Å²) in [5.74, 6) is -0.409. The van der Waals surface area contributed by atoms with Crippen LogP contribution in [0.15, 0.2) is 59.5 Å². The molecule has 0 aromatic heterocycles. The van der Waals surface area contributed by atoms with Gasteiger partial charge in [-0.05, 0) is 48.5 Å². The maximum Gasteiger partial charge on any atom is 0.313 e. The lowest BCUT2D eigenvalue weighted by molar-refractivity contribution is -0.385. The third-order valence-electron chi connectivity index (χ3n) is 4.38. The highest BCUT2D eigenvalue weighted by Gasteiger charge is 2.20. The molecule has 172 valence electrons. The summed E-state index contributed by atoms with van der Waals surface area (Å²) in [6.07, 6.45) is 1.04. The van der Waals surface area contributed by atoms with E-state index in [1.165, 1.54) is 55.6 Å². The van der Waals surface area contributed by atoms with Gasteiger partial charge in [-0.15, -0.1) is 0 Å². The number of hydrogen-bond acceptors (Lipinski definition) is 7. The zero-order valence-corrected chi connectivity index (χ0v) is 19.5. The molecule has 0 unspecified atom stereocenters. The van der Waals surface area contributed by atoms with Crippen LogP contribution in [-0.2, 0) is 9.84 Å². The van der Waals surface area contributed by atoms with Gasteiger partial charge in [0, 0.05) is 22.9 Å². The quantitative estimate of drug-likeness (QED) is 0.335. The van der Waals surface area contributed by atoms with Gasteiger partial charge < -0.3 is 14.8 Å². The first-order valence-electron chi connectivity index (χ1n) is 9.10. The lowest BCUT2D eigenvalue weighted by Gasteiger charge is -2.13. The first kappa shape index (κ1) is 24.3. The van der Waals surface area contributed by atoms with Crippen molar-refractivity contribution >= 4 is 50.3 Å². The van der Waals surface area contributed by atoms with E-state index < -0.39 is 20.7 Å². The number of carbonyl (C=O) groups excluding carboxylic acids is 1. The molecule has 0 saturated carbocycles. The molecule has 33 heavy (non-hydrogen) atoms. The third-order valence-corrected chi connectivity index (χ3v) is 6.05. The number of nitrogens with zero attached hydrogens (tertiary/aromatic N) is 1. The number of rotatable bonds is 7. The van der Waals surface area contributed by atoms with Gasteiger partial charge in [0.15, 0.2) is 21.3 Å². The van der Waals surface area contributed by atoms with Crippen molar-refractivity contribution in [2.75, 3.05) is 18.7 Å². The zero-order chi connectivity index (χ0) is 24.3. The predicted molar refractivity (Wildman–Crippen MR) is 124 cm³/mol. The molecule has 0 heterocycles. The summed E-state index contributed by atoms with van der Waals surface area (Å²) in [4.78, 5) is 23.4. The summed E-state index contributed by atoms with van der Waals surface area (Å²) in [6.45, 7) is 0. The minimum absolute atomic E-state index is 0.00640. The molecule has 9 nitrogen and oxygen atoms in total. The summed E-state index contributed by atoms with van der Waals surface area (Å²) >= 11 is 11.9. The van der Waals surface area contributed by atoms with Gasteiger partial charge >= 0.3 is 5.69 Å². The summed E-state index contributed by atoms with van der Waals surface area (Å²) in [5.41, 5.74) is -0.0851. The number of nitrogens with one attached hydrogen (secondary N) is 1. The molecule has 12 heteroatoms. The van der Waals surface area contributed by atoms with Gasteiger partial charge in [0.05, 0.1) is 27.6 Å². The molecule has 1 amide bonds. The first-order valence-corrected chi connectivity index (χ1v) is 11.7. The Kier molecular flexibility index (Phi) is 7.11. The van der Waals surface area contributed by atoms with Gasteiger partial charge in [0.1, 0.15) is 0 Å². The lowest BCUT2D eigenvalue weighted by Crippen LogP contribution is -2.13. The minimum atomic E-state index is -3.50. The molecule has 0 bridgehead atoms. The predicted octanol–water partition coefficient (Wildman–Crippen LogP) is 5.36. The number of anilines is 1. The lowest BCUT2D eigenvalue weighted by atomic mass is 10.1. The molecular formula is C21H16Cl2N2O7S. The summed E-state index contributed by atoms with van der Waals surface area (Å²) < 4.78 is 34.4. The van der Waals surface area contributed by atoms with Crippen LogP contribution in [0.2, 0.25) is 10.0 Å². The van der Waals surface area contributed by atoms with Gasteiger partial charge in [-0.2, -0.15) is 0 Å². The maximum absolute atomic E-state index is 12.7. The molecule has 0 fully saturated rings. The van der Waals surface area contributed by atoms with Crippen molar-refractivity contribution in [1.29, 1.82) is 0 Å². The Labute approximate surface area is 198 Å². The number of nitro groups is 1. The number of hydrogen-bond donors (Lipinski definition) is 1. The monoisotopic (exact) mass is 510 g/mol. The highest BCUT2D eigenvalue weighted by atomic mass is 35.5. The van der Waals surface area contributed by atoms with Crippen LogP contribution in [0.5, 0.6) is 17.2 Å². The van der Waals surface area contributed by atoms with Crippen LogP contribution in [0, 0.1) is 10.1 Å². The molecule has 0 saturated heterocycles. The smallest absolute Gasteiger partial charge is 0.313 e. The number of halogens is 2. The molecule has 3 rings (SSSR count). The zero-order valence-electron chi connectivity index (χ0n) is 17.2. The van der Waals surface area contributed by atoms with Crippen molar-refractivity contribution in [2.24, 2.45) is 0 Å².